The molecule has 17 heavy (non-hydrogen) atoms. The lowest BCUT2D eigenvalue weighted by Gasteiger charge is -2.42. The van der Waals surface area contributed by atoms with Crippen molar-refractivity contribution in [2.24, 2.45) is 11.8 Å². The zero-order valence-corrected chi connectivity index (χ0v) is 11.8. The van der Waals surface area contributed by atoms with E-state index in [9.17, 15) is 8.76 Å². The summed E-state index contributed by atoms with van der Waals surface area (Å²) < 4.78 is 23.2. The zero-order valence-electron chi connectivity index (χ0n) is 10.2. The molecule has 0 radical (unpaired) electrons. The van der Waals surface area contributed by atoms with E-state index >= 15 is 0 Å². The van der Waals surface area contributed by atoms with Crippen LogP contribution in [0.2, 0.25) is 0 Å². The number of aryl methyl sites for hydroxylation is 1. The van der Waals surface area contributed by atoms with Gasteiger partial charge in [-0.05, 0) is 32.1 Å². The highest BCUT2D eigenvalue weighted by molar-refractivity contribution is 7.79. The molecule has 1 aromatic rings. The first-order valence-corrected chi connectivity index (χ1v) is 7.68. The summed E-state index contributed by atoms with van der Waals surface area (Å²) in [6, 6.07) is 0. The van der Waals surface area contributed by atoms with Crippen LogP contribution < -0.4 is 9.88 Å². The van der Waals surface area contributed by atoms with Gasteiger partial charge in [0.25, 0.3) is 0 Å². The summed E-state index contributed by atoms with van der Waals surface area (Å²) in [5.41, 5.74) is 0. The lowest BCUT2D eigenvalue weighted by molar-refractivity contribution is 0.266. The molecule has 0 bridgehead atoms. The second-order valence-electron chi connectivity index (χ2n) is 4.53. The lowest BCUT2D eigenvalue weighted by Crippen LogP contribution is -2.42. The Morgan fingerprint density at radius 1 is 1.59 bits per heavy atom. The molecular weight excluding hydrogens is 254 g/mol. The summed E-state index contributed by atoms with van der Waals surface area (Å²) >= 11 is -0.324. The Hall–Kier alpha value is -0.520. The van der Waals surface area contributed by atoms with Gasteiger partial charge in [0.1, 0.15) is 0 Å². The first-order chi connectivity index (χ1) is 8.02. The van der Waals surface area contributed by atoms with Crippen molar-refractivity contribution in [3.63, 3.8) is 0 Å². The summed E-state index contributed by atoms with van der Waals surface area (Å²) in [6.45, 7) is 6.04. The van der Waals surface area contributed by atoms with Gasteiger partial charge in [-0.1, -0.05) is 30.2 Å². The molecule has 0 aliphatic heterocycles. The third-order valence-electron chi connectivity index (χ3n) is 3.34. The van der Waals surface area contributed by atoms with E-state index in [4.69, 9.17) is 0 Å². The van der Waals surface area contributed by atoms with Crippen LogP contribution in [0.15, 0.2) is 0 Å². The molecule has 3 nitrogen and oxygen atoms in total. The Balaban J connectivity index is 2.38. The van der Waals surface area contributed by atoms with E-state index in [-0.39, 0.29) is 11.2 Å². The molecule has 1 heterocycles. The van der Waals surface area contributed by atoms with E-state index in [1.54, 1.807) is 11.3 Å². The maximum absolute atomic E-state index is 11.0. The molecule has 4 atom stereocenters. The number of hydrogen-bond donors (Lipinski definition) is 0. The predicted octanol–water partition coefficient (Wildman–Crippen LogP) is 0.936. The average molecular weight is 270 g/mol. The molecule has 5 heteroatoms. The Bertz CT molecular complexity index is 549. The maximum atomic E-state index is 11.0. The van der Waals surface area contributed by atoms with Crippen molar-refractivity contribution < 1.29 is 8.76 Å². The van der Waals surface area contributed by atoms with Gasteiger partial charge in [0, 0.05) is 5.25 Å². The van der Waals surface area contributed by atoms with Crippen molar-refractivity contribution in [1.82, 2.24) is 4.98 Å². The summed E-state index contributed by atoms with van der Waals surface area (Å²) in [4.78, 5) is 4.41. The van der Waals surface area contributed by atoms with Crippen LogP contribution in [0.3, 0.4) is 0 Å². The van der Waals surface area contributed by atoms with E-state index in [2.05, 4.69) is 18.0 Å². The molecule has 2 rings (SSSR count). The average Bonchev–Trinajstić information content (AvgIpc) is 2.62. The van der Waals surface area contributed by atoms with Crippen LogP contribution >= 0.6 is 11.3 Å². The van der Waals surface area contributed by atoms with Gasteiger partial charge in [0.2, 0.25) is 0 Å². The number of nitrogens with zero attached hydrogens (tertiary/aromatic N) is 1. The quantitative estimate of drug-likeness (QED) is 0.751. The summed E-state index contributed by atoms with van der Waals surface area (Å²) in [7, 11) is 0. The Kier molecular flexibility index (Phi) is 3.80. The van der Waals surface area contributed by atoms with Crippen molar-refractivity contribution in [3.8, 4) is 0 Å². The number of hydrogen-bond acceptors (Lipinski definition) is 4. The van der Waals surface area contributed by atoms with E-state index in [1.807, 2.05) is 19.9 Å². The second kappa shape index (κ2) is 5.00. The normalized spacial score (nSPS) is 32.6. The van der Waals surface area contributed by atoms with Crippen LogP contribution in [-0.4, -0.2) is 19.0 Å². The van der Waals surface area contributed by atoms with Gasteiger partial charge in [-0.3, -0.25) is 4.21 Å². The second-order valence-corrected chi connectivity index (χ2v) is 6.89. The standard InChI is InChI=1S/C12H17NO2S2/c1-4-10-11(16-8(3)13-10)6-9-7(2)5-12(9)17(14)15/h4,6-7,9,12H,5H2,1-3H3,(H,14,15)/p-1/b10-4+,11-6+. The molecule has 0 N–H and O–H groups in total. The van der Waals surface area contributed by atoms with Crippen LogP contribution in [0.4, 0.5) is 0 Å². The smallest absolute Gasteiger partial charge is 0.0907 e. The molecule has 1 fully saturated rings. The first kappa shape index (κ1) is 12.9. The molecule has 4 unspecified atom stereocenters. The monoisotopic (exact) mass is 270 g/mol. The van der Waals surface area contributed by atoms with Gasteiger partial charge in [0.05, 0.1) is 14.9 Å². The topological polar surface area (TPSA) is 53.0 Å². The SMILES string of the molecule is C/C=c1/nc(C)s/c1=C/C1C(C)CC1S(=O)[O-]. The third kappa shape index (κ3) is 2.51. The van der Waals surface area contributed by atoms with Gasteiger partial charge in [0.15, 0.2) is 0 Å². The summed E-state index contributed by atoms with van der Waals surface area (Å²) in [5, 5.41) is 1.79. The molecule has 1 saturated carbocycles. The minimum absolute atomic E-state index is 0.145. The van der Waals surface area contributed by atoms with Crippen molar-refractivity contribution in [1.29, 1.82) is 0 Å². The van der Waals surface area contributed by atoms with Gasteiger partial charge >= 0.3 is 0 Å². The first-order valence-electron chi connectivity index (χ1n) is 5.72. The highest BCUT2D eigenvalue weighted by Gasteiger charge is 2.37. The van der Waals surface area contributed by atoms with Crippen LogP contribution in [-0.2, 0) is 11.1 Å². The van der Waals surface area contributed by atoms with E-state index < -0.39 is 11.1 Å². The Morgan fingerprint density at radius 2 is 2.29 bits per heavy atom. The van der Waals surface area contributed by atoms with Gasteiger partial charge in [-0.25, -0.2) is 4.98 Å². The van der Waals surface area contributed by atoms with Crippen LogP contribution in [0, 0.1) is 18.8 Å². The minimum atomic E-state index is -1.96. The molecule has 1 aliphatic rings. The van der Waals surface area contributed by atoms with Crippen LogP contribution in [0.25, 0.3) is 12.2 Å². The van der Waals surface area contributed by atoms with Crippen LogP contribution in [0.1, 0.15) is 25.3 Å². The highest BCUT2D eigenvalue weighted by atomic mass is 32.2. The predicted molar refractivity (Wildman–Crippen MR) is 70.7 cm³/mol. The lowest BCUT2D eigenvalue weighted by atomic mass is 9.74. The number of thiazole rings is 1. The molecule has 0 amide bonds. The van der Waals surface area contributed by atoms with Crippen LogP contribution in [0.5, 0.6) is 0 Å². The molecule has 0 saturated heterocycles. The fourth-order valence-electron chi connectivity index (χ4n) is 2.29. The Morgan fingerprint density at radius 3 is 2.82 bits per heavy atom. The molecule has 1 aromatic heterocycles. The van der Waals surface area contributed by atoms with Crippen molar-refractivity contribution in [2.75, 3.05) is 0 Å². The fraction of sp³-hybridized carbons (Fsp3) is 0.583. The molecule has 0 aromatic carbocycles. The third-order valence-corrected chi connectivity index (χ3v) is 5.30. The fourth-order valence-corrected chi connectivity index (χ4v) is 4.31. The Labute approximate surface area is 108 Å². The summed E-state index contributed by atoms with van der Waals surface area (Å²) in [6.07, 6.45) is 4.84. The number of aromatic nitrogens is 1. The highest BCUT2D eigenvalue weighted by Crippen LogP contribution is 2.38. The van der Waals surface area contributed by atoms with E-state index in [0.29, 0.717) is 5.92 Å². The van der Waals surface area contributed by atoms with E-state index in [1.165, 1.54) is 0 Å². The summed E-state index contributed by atoms with van der Waals surface area (Å²) in [5.74, 6) is 0.594. The largest absolute Gasteiger partial charge is 0.772 e. The van der Waals surface area contributed by atoms with Crippen molar-refractivity contribution in [2.45, 2.75) is 32.4 Å². The van der Waals surface area contributed by atoms with Gasteiger partial charge in [-0.2, -0.15) is 0 Å². The van der Waals surface area contributed by atoms with Gasteiger partial charge in [-0.15, -0.1) is 11.3 Å². The molecule has 94 valence electrons. The zero-order chi connectivity index (χ0) is 12.6. The van der Waals surface area contributed by atoms with Crippen molar-refractivity contribution in [3.05, 3.63) is 14.9 Å². The molecular formula is C12H16NO2S2-. The van der Waals surface area contributed by atoms with Gasteiger partial charge < -0.3 is 4.55 Å². The maximum Gasteiger partial charge on any atom is 0.0907 e. The molecule has 0 spiro atoms. The van der Waals surface area contributed by atoms with Crippen molar-refractivity contribution >= 4 is 34.6 Å². The van der Waals surface area contributed by atoms with E-state index in [0.717, 1.165) is 21.3 Å². The minimum Gasteiger partial charge on any atom is -0.772 e. The molecule has 1 aliphatic carbocycles. The number of rotatable bonds is 2.